The third-order valence-electron chi connectivity index (χ3n) is 9.12. The number of nitriles is 2. The van der Waals surface area contributed by atoms with E-state index in [0.717, 1.165) is 50.0 Å². The second-order valence-electron chi connectivity index (χ2n) is 11.4. The molecule has 0 spiro atoms. The zero-order chi connectivity index (χ0) is 29.1. The molecule has 6 aromatic rings. The summed E-state index contributed by atoms with van der Waals surface area (Å²) in [5.74, 6) is 0. The predicted molar refractivity (Wildman–Crippen MR) is 174 cm³/mol. The molecule has 0 saturated heterocycles. The van der Waals surface area contributed by atoms with Crippen LogP contribution in [0.2, 0.25) is 0 Å². The monoisotopic (exact) mass is 550 g/mol. The summed E-state index contributed by atoms with van der Waals surface area (Å²) < 4.78 is 2.25. The molecular weight excluding hydrogens is 524 g/mol. The third-order valence-corrected chi connectivity index (χ3v) is 9.12. The largest absolute Gasteiger partial charge is 0.333 e. The first-order valence-electron chi connectivity index (χ1n) is 14.4. The molecule has 1 aliphatic heterocycles. The minimum absolute atomic E-state index is 0.0994. The van der Waals surface area contributed by atoms with Gasteiger partial charge in [0.15, 0.2) is 0 Å². The van der Waals surface area contributed by atoms with E-state index in [9.17, 15) is 10.5 Å². The molecule has 1 aliphatic carbocycles. The molecule has 8 rings (SSSR count). The second-order valence-corrected chi connectivity index (χ2v) is 11.4. The standard InChI is InChI=1S/C39H26N4/c1-39-21-9-8-16-38(39)42(37-15-7-4-12-33(37)39)28-18-19-29(27(23-28)25-41)32-22-26(24-40)17-20-36(32)43-34-13-5-2-10-30(34)31-11-3-6-14-35(31)43/h2-23,38H,1H3. The van der Waals surface area contributed by atoms with E-state index in [0.29, 0.717) is 11.1 Å². The van der Waals surface area contributed by atoms with Gasteiger partial charge in [-0.1, -0.05) is 85.0 Å². The highest BCUT2D eigenvalue weighted by atomic mass is 15.2. The van der Waals surface area contributed by atoms with Crippen molar-refractivity contribution in [3.63, 3.8) is 0 Å². The maximum Gasteiger partial charge on any atom is 0.0998 e. The fourth-order valence-corrected chi connectivity index (χ4v) is 7.12. The van der Waals surface area contributed by atoms with Gasteiger partial charge in [0.25, 0.3) is 0 Å². The number of fused-ring (bicyclic) bond motifs is 6. The fourth-order valence-electron chi connectivity index (χ4n) is 7.12. The molecule has 0 saturated carbocycles. The van der Waals surface area contributed by atoms with Gasteiger partial charge in [-0.3, -0.25) is 0 Å². The second kappa shape index (κ2) is 9.35. The number of benzene rings is 5. The molecule has 2 aliphatic rings. The molecule has 0 fully saturated rings. The molecule has 2 unspecified atom stereocenters. The summed E-state index contributed by atoms with van der Waals surface area (Å²) in [7, 11) is 0. The molecule has 0 radical (unpaired) electrons. The molecular formula is C39H26N4. The van der Waals surface area contributed by atoms with Crippen molar-refractivity contribution in [3.8, 4) is 29.0 Å². The number of aromatic nitrogens is 1. The molecule has 1 aromatic heterocycles. The Morgan fingerprint density at radius 2 is 1.40 bits per heavy atom. The van der Waals surface area contributed by atoms with Crippen molar-refractivity contribution in [2.75, 3.05) is 4.90 Å². The molecule has 4 heteroatoms. The number of rotatable bonds is 3. The van der Waals surface area contributed by atoms with Crippen molar-refractivity contribution in [2.45, 2.75) is 18.4 Å². The van der Waals surface area contributed by atoms with Gasteiger partial charge in [-0.2, -0.15) is 10.5 Å². The van der Waals surface area contributed by atoms with E-state index < -0.39 is 0 Å². The van der Waals surface area contributed by atoms with Crippen molar-refractivity contribution in [3.05, 3.63) is 150 Å². The summed E-state index contributed by atoms with van der Waals surface area (Å²) in [5, 5.41) is 22.7. The summed E-state index contributed by atoms with van der Waals surface area (Å²) in [5.41, 5.74) is 9.09. The van der Waals surface area contributed by atoms with Gasteiger partial charge < -0.3 is 9.47 Å². The lowest BCUT2D eigenvalue weighted by Crippen LogP contribution is -2.39. The van der Waals surface area contributed by atoms with Crippen molar-refractivity contribution >= 4 is 33.2 Å². The molecule has 2 heterocycles. The van der Waals surface area contributed by atoms with Gasteiger partial charge >= 0.3 is 0 Å². The average Bonchev–Trinajstić information content (AvgIpc) is 3.54. The zero-order valence-electron chi connectivity index (χ0n) is 23.6. The molecule has 5 aromatic carbocycles. The van der Waals surface area contributed by atoms with Crippen LogP contribution in [-0.2, 0) is 5.41 Å². The van der Waals surface area contributed by atoms with Crippen molar-refractivity contribution in [1.82, 2.24) is 4.57 Å². The highest BCUT2D eigenvalue weighted by Gasteiger charge is 2.46. The molecule has 0 bridgehead atoms. The first kappa shape index (κ1) is 24.9. The van der Waals surface area contributed by atoms with E-state index in [-0.39, 0.29) is 11.5 Å². The van der Waals surface area contributed by atoms with E-state index in [2.05, 4.69) is 120 Å². The van der Waals surface area contributed by atoms with E-state index in [1.807, 2.05) is 42.5 Å². The van der Waals surface area contributed by atoms with Gasteiger partial charge in [0.2, 0.25) is 0 Å². The Balaban J connectivity index is 1.34. The van der Waals surface area contributed by atoms with E-state index in [1.54, 1.807) is 0 Å². The van der Waals surface area contributed by atoms with Gasteiger partial charge in [0.1, 0.15) is 0 Å². The lowest BCUT2D eigenvalue weighted by Gasteiger charge is -2.34. The van der Waals surface area contributed by atoms with Crippen molar-refractivity contribution < 1.29 is 0 Å². The number of hydrogen-bond donors (Lipinski definition) is 0. The van der Waals surface area contributed by atoms with Gasteiger partial charge in [-0.05, 0) is 61.0 Å². The van der Waals surface area contributed by atoms with Crippen LogP contribution in [0.5, 0.6) is 0 Å². The third kappa shape index (κ3) is 3.54. The van der Waals surface area contributed by atoms with E-state index in [4.69, 9.17) is 0 Å². The van der Waals surface area contributed by atoms with Crippen molar-refractivity contribution in [2.24, 2.45) is 0 Å². The minimum atomic E-state index is -0.165. The van der Waals surface area contributed by atoms with Crippen LogP contribution in [-0.4, -0.2) is 10.6 Å². The quantitative estimate of drug-likeness (QED) is 0.221. The Labute approximate surface area is 250 Å². The van der Waals surface area contributed by atoms with Crippen LogP contribution < -0.4 is 4.90 Å². The highest BCUT2D eigenvalue weighted by Crippen LogP contribution is 2.51. The molecule has 43 heavy (non-hydrogen) atoms. The summed E-state index contributed by atoms with van der Waals surface area (Å²) in [6.07, 6.45) is 8.76. The number of nitrogens with zero attached hydrogens (tertiary/aromatic N) is 4. The Hall–Kier alpha value is -5.84. The van der Waals surface area contributed by atoms with Crippen LogP contribution in [0.15, 0.2) is 133 Å². The smallest absolute Gasteiger partial charge is 0.0998 e. The molecule has 0 amide bonds. The summed E-state index contributed by atoms with van der Waals surface area (Å²) >= 11 is 0. The van der Waals surface area contributed by atoms with Gasteiger partial charge in [-0.25, -0.2) is 0 Å². The Kier molecular flexibility index (Phi) is 5.42. The zero-order valence-corrected chi connectivity index (χ0v) is 23.6. The van der Waals surface area contributed by atoms with Crippen LogP contribution in [0, 0.1) is 22.7 Å². The molecule has 202 valence electrons. The summed E-state index contributed by atoms with van der Waals surface area (Å²) in [4.78, 5) is 2.35. The van der Waals surface area contributed by atoms with Crippen LogP contribution in [0.1, 0.15) is 23.6 Å². The van der Waals surface area contributed by atoms with Crippen molar-refractivity contribution in [1.29, 1.82) is 10.5 Å². The van der Waals surface area contributed by atoms with Crippen LogP contribution in [0.25, 0.3) is 38.6 Å². The number of hydrogen-bond acceptors (Lipinski definition) is 3. The fraction of sp³-hybridized carbons (Fsp3) is 0.0769. The van der Waals surface area contributed by atoms with Crippen LogP contribution in [0.4, 0.5) is 11.4 Å². The molecule has 4 nitrogen and oxygen atoms in total. The summed E-state index contributed by atoms with van der Waals surface area (Å²) in [6, 6.07) is 42.1. The highest BCUT2D eigenvalue weighted by molar-refractivity contribution is 6.09. The first-order chi connectivity index (χ1) is 21.1. The lowest BCUT2D eigenvalue weighted by atomic mass is 9.76. The SMILES string of the molecule is CC12C=CC=CC1N(c1ccc(-c3cc(C#N)ccc3-n3c4ccccc4c4ccccc43)c(C#N)c1)c1ccccc12. The minimum Gasteiger partial charge on any atom is -0.333 e. The Bertz CT molecular complexity index is 2200. The number of allylic oxidation sites excluding steroid dienone is 2. The van der Waals surface area contributed by atoms with Crippen LogP contribution >= 0.6 is 0 Å². The Morgan fingerprint density at radius 3 is 2.14 bits per heavy atom. The van der Waals surface area contributed by atoms with Gasteiger partial charge in [0.05, 0.1) is 46.0 Å². The average molecular weight is 551 g/mol. The van der Waals surface area contributed by atoms with Gasteiger partial charge in [0, 0.05) is 38.7 Å². The van der Waals surface area contributed by atoms with E-state index >= 15 is 0 Å². The first-order valence-corrected chi connectivity index (χ1v) is 14.4. The molecule has 0 N–H and O–H groups in total. The maximum absolute atomic E-state index is 10.6. The maximum atomic E-state index is 10.6. The molecule has 2 atom stereocenters. The predicted octanol–water partition coefficient (Wildman–Crippen LogP) is 9.10. The topological polar surface area (TPSA) is 55.8 Å². The van der Waals surface area contributed by atoms with Crippen LogP contribution in [0.3, 0.4) is 0 Å². The van der Waals surface area contributed by atoms with Gasteiger partial charge in [-0.15, -0.1) is 0 Å². The summed E-state index contributed by atoms with van der Waals surface area (Å²) in [6.45, 7) is 2.28. The normalized spacial score (nSPS) is 18.4. The number of anilines is 2. The number of para-hydroxylation sites is 3. The van der Waals surface area contributed by atoms with E-state index in [1.165, 1.54) is 5.56 Å². The Morgan fingerprint density at radius 1 is 0.674 bits per heavy atom. The lowest BCUT2D eigenvalue weighted by molar-refractivity contribution is 0.550.